The molecule has 0 aromatic heterocycles. The van der Waals surface area contributed by atoms with Crippen LogP contribution in [0.1, 0.15) is 48.5 Å². The molecular weight excluding hydrogens is 280 g/mol. The highest BCUT2D eigenvalue weighted by molar-refractivity contribution is 5.88. The summed E-state index contributed by atoms with van der Waals surface area (Å²) in [6, 6.07) is -0.791. The van der Waals surface area contributed by atoms with E-state index < -0.39 is 6.04 Å². The minimum absolute atomic E-state index is 0.126. The number of hydrogen-bond donors (Lipinski definition) is 1. The summed E-state index contributed by atoms with van der Waals surface area (Å²) in [5.74, 6) is -0.321. The van der Waals surface area contributed by atoms with Gasteiger partial charge in [-0.1, -0.05) is 40.7 Å². The average molecular weight is 312 g/mol. The zero-order valence-corrected chi connectivity index (χ0v) is 15.3. The van der Waals surface area contributed by atoms with Crippen molar-refractivity contribution in [2.75, 3.05) is 13.7 Å². The summed E-state index contributed by atoms with van der Waals surface area (Å²) >= 11 is 0. The third-order valence-corrected chi connectivity index (χ3v) is 3.70. The zero-order valence-electron chi connectivity index (χ0n) is 15.3. The molecule has 0 bridgehead atoms. The third kappa shape index (κ3) is 5.79. The molecule has 1 unspecified atom stereocenters. The fourth-order valence-corrected chi connectivity index (χ4v) is 2.06. The maximum Gasteiger partial charge on any atom is 0.333 e. The number of carbonyl (C=O) groups excluding carboxylic acids is 2. The quantitative estimate of drug-likeness (QED) is 0.603. The Morgan fingerprint density at radius 1 is 1.27 bits per heavy atom. The van der Waals surface area contributed by atoms with E-state index in [0.717, 1.165) is 0 Å². The second-order valence-corrected chi connectivity index (χ2v) is 7.10. The van der Waals surface area contributed by atoms with Crippen molar-refractivity contribution in [1.82, 2.24) is 4.90 Å². The first kappa shape index (κ1) is 20.6. The Labute approximate surface area is 134 Å². The van der Waals surface area contributed by atoms with Crippen LogP contribution in [-0.4, -0.2) is 42.5 Å². The number of likely N-dealkylation sites (N-methyl/N-ethyl adjacent to an activating group) is 1. The summed E-state index contributed by atoms with van der Waals surface area (Å²) < 4.78 is 4.99. The van der Waals surface area contributed by atoms with Crippen molar-refractivity contribution < 1.29 is 14.3 Å². The molecule has 2 atom stereocenters. The molecule has 0 aliphatic rings. The fourth-order valence-electron chi connectivity index (χ4n) is 2.06. The average Bonchev–Trinajstić information content (AvgIpc) is 2.40. The van der Waals surface area contributed by atoms with E-state index in [-0.39, 0.29) is 29.3 Å². The van der Waals surface area contributed by atoms with Crippen molar-refractivity contribution in [3.8, 4) is 0 Å². The Balaban J connectivity index is 5.30. The van der Waals surface area contributed by atoms with E-state index in [0.29, 0.717) is 12.2 Å². The maximum absolute atomic E-state index is 12.6. The molecule has 0 heterocycles. The predicted molar refractivity (Wildman–Crippen MR) is 89.2 cm³/mol. The molecule has 0 aliphatic carbocycles. The summed E-state index contributed by atoms with van der Waals surface area (Å²) in [5.41, 5.74) is 6.26. The lowest BCUT2D eigenvalue weighted by Gasteiger charge is -2.35. The van der Waals surface area contributed by atoms with Crippen molar-refractivity contribution in [3.63, 3.8) is 0 Å². The van der Waals surface area contributed by atoms with Gasteiger partial charge in [-0.15, -0.1) is 0 Å². The van der Waals surface area contributed by atoms with E-state index in [2.05, 4.69) is 0 Å². The molecule has 0 fully saturated rings. The molecule has 2 N–H and O–H groups in total. The van der Waals surface area contributed by atoms with E-state index in [9.17, 15) is 9.59 Å². The monoisotopic (exact) mass is 312 g/mol. The summed E-state index contributed by atoms with van der Waals surface area (Å²) in [5, 5.41) is 0. The molecule has 5 nitrogen and oxygen atoms in total. The normalized spacial score (nSPS) is 15.5. The van der Waals surface area contributed by atoms with Gasteiger partial charge in [0.25, 0.3) is 0 Å². The largest absolute Gasteiger partial charge is 0.463 e. The Kier molecular flexibility index (Phi) is 7.81. The van der Waals surface area contributed by atoms with Gasteiger partial charge < -0.3 is 15.4 Å². The van der Waals surface area contributed by atoms with Crippen molar-refractivity contribution in [3.05, 3.63) is 11.6 Å². The molecular formula is C17H32N2O3. The highest BCUT2D eigenvalue weighted by atomic mass is 16.5. The Hall–Kier alpha value is -1.36. The van der Waals surface area contributed by atoms with Gasteiger partial charge in [0.15, 0.2) is 0 Å². The van der Waals surface area contributed by atoms with Crippen LogP contribution >= 0.6 is 0 Å². The number of carbonyl (C=O) groups is 2. The smallest absolute Gasteiger partial charge is 0.333 e. The summed E-state index contributed by atoms with van der Waals surface area (Å²) in [4.78, 5) is 26.0. The molecule has 22 heavy (non-hydrogen) atoms. The van der Waals surface area contributed by atoms with Gasteiger partial charge in [-0.3, -0.25) is 4.79 Å². The fraction of sp³-hybridized carbons (Fsp3) is 0.765. The van der Waals surface area contributed by atoms with E-state index in [4.69, 9.17) is 10.5 Å². The molecule has 1 amide bonds. The molecule has 0 saturated carbocycles. The maximum atomic E-state index is 12.6. The highest BCUT2D eigenvalue weighted by Crippen LogP contribution is 2.22. The van der Waals surface area contributed by atoms with Crippen LogP contribution in [0.3, 0.4) is 0 Å². The second-order valence-electron chi connectivity index (χ2n) is 7.10. The summed E-state index contributed by atoms with van der Waals surface area (Å²) in [6.07, 6.45) is 1.79. The van der Waals surface area contributed by atoms with Crippen molar-refractivity contribution in [1.29, 1.82) is 0 Å². The van der Waals surface area contributed by atoms with Crippen molar-refractivity contribution >= 4 is 11.9 Å². The van der Waals surface area contributed by atoms with Crippen LogP contribution in [0.15, 0.2) is 11.6 Å². The molecule has 128 valence electrons. The van der Waals surface area contributed by atoms with Crippen molar-refractivity contribution in [2.45, 2.75) is 60.5 Å². The minimum Gasteiger partial charge on any atom is -0.463 e. The second kappa shape index (κ2) is 8.32. The minimum atomic E-state index is -0.588. The van der Waals surface area contributed by atoms with Crippen LogP contribution in [0.5, 0.6) is 0 Å². The Morgan fingerprint density at radius 2 is 1.77 bits per heavy atom. The first-order chi connectivity index (χ1) is 9.93. The van der Waals surface area contributed by atoms with Gasteiger partial charge in [-0.2, -0.15) is 0 Å². The molecule has 0 saturated heterocycles. The van der Waals surface area contributed by atoms with Crippen molar-refractivity contribution in [2.24, 2.45) is 17.1 Å². The van der Waals surface area contributed by atoms with E-state index >= 15 is 0 Å². The van der Waals surface area contributed by atoms with E-state index in [1.54, 1.807) is 31.9 Å². The molecule has 0 radical (unpaired) electrons. The lowest BCUT2D eigenvalue weighted by Crippen LogP contribution is -2.52. The molecule has 0 aromatic carbocycles. The number of hydrogen-bond acceptors (Lipinski definition) is 4. The highest BCUT2D eigenvalue weighted by Gasteiger charge is 2.33. The SMILES string of the molecule is CCOC(=O)/C(C)=C/[C@H](C(C)C)N(C)C(=O)C(N)C(C)(C)C. The summed E-state index contributed by atoms with van der Waals surface area (Å²) in [7, 11) is 1.73. The molecule has 5 heteroatoms. The molecule has 0 aliphatic heterocycles. The third-order valence-electron chi connectivity index (χ3n) is 3.70. The molecule has 0 spiro atoms. The van der Waals surface area contributed by atoms with Crippen LogP contribution < -0.4 is 5.73 Å². The first-order valence-corrected chi connectivity index (χ1v) is 7.81. The van der Waals surface area contributed by atoms with Gasteiger partial charge in [0.1, 0.15) is 0 Å². The van der Waals surface area contributed by atoms with Gasteiger partial charge >= 0.3 is 5.97 Å². The first-order valence-electron chi connectivity index (χ1n) is 7.81. The van der Waals surface area contributed by atoms with Gasteiger partial charge in [0, 0.05) is 12.6 Å². The van der Waals surface area contributed by atoms with Crippen LogP contribution in [0.2, 0.25) is 0 Å². The lowest BCUT2D eigenvalue weighted by molar-refractivity contribution is -0.139. The van der Waals surface area contributed by atoms with Crippen LogP contribution in [0.4, 0.5) is 0 Å². The topological polar surface area (TPSA) is 72.6 Å². The van der Waals surface area contributed by atoms with Gasteiger partial charge in [-0.25, -0.2) is 4.79 Å². The van der Waals surface area contributed by atoms with E-state index in [1.807, 2.05) is 34.6 Å². The van der Waals surface area contributed by atoms with Gasteiger partial charge in [0.2, 0.25) is 5.91 Å². The van der Waals surface area contributed by atoms with Crippen LogP contribution in [0.25, 0.3) is 0 Å². The zero-order chi connectivity index (χ0) is 17.7. The number of rotatable bonds is 6. The number of esters is 1. The van der Waals surface area contributed by atoms with Gasteiger partial charge in [0.05, 0.1) is 18.7 Å². The van der Waals surface area contributed by atoms with Crippen LogP contribution in [-0.2, 0) is 14.3 Å². The van der Waals surface area contributed by atoms with E-state index in [1.165, 1.54) is 0 Å². The lowest BCUT2D eigenvalue weighted by atomic mass is 9.86. The molecule has 0 rings (SSSR count). The van der Waals surface area contributed by atoms with Crippen LogP contribution in [0, 0.1) is 11.3 Å². The predicted octanol–water partition coefficient (Wildman–Crippen LogP) is 2.35. The standard InChI is InChI=1S/C17H32N2O3/c1-9-22-16(21)12(4)10-13(11(2)3)19(8)15(20)14(18)17(5,6)7/h10-11,13-14H,9,18H2,1-8H3/b12-10+/t13-,14?/m1/s1. The molecule has 0 aromatic rings. The number of nitrogens with zero attached hydrogens (tertiary/aromatic N) is 1. The number of ether oxygens (including phenoxy) is 1. The number of amides is 1. The Bertz CT molecular complexity index is 422. The number of nitrogens with two attached hydrogens (primary N) is 1. The Morgan fingerprint density at radius 3 is 2.14 bits per heavy atom. The van der Waals surface area contributed by atoms with Gasteiger partial charge in [-0.05, 0) is 25.2 Å². The summed E-state index contributed by atoms with van der Waals surface area (Å²) in [6.45, 7) is 13.6.